The SMILES string of the molecule is O=C(CCN1CCCC1)NCC1CC(c2c(-c3ccc(F)cc3)[nH]c3c(F)cc(F)cc23)C1. The van der Waals surface area contributed by atoms with Gasteiger partial charge in [-0.15, -0.1) is 0 Å². The third-order valence-electron chi connectivity index (χ3n) is 7.08. The Hall–Kier alpha value is -2.80. The molecule has 2 aromatic carbocycles. The summed E-state index contributed by atoms with van der Waals surface area (Å²) in [6, 6.07) is 8.26. The van der Waals surface area contributed by atoms with Gasteiger partial charge in [-0.25, -0.2) is 13.2 Å². The van der Waals surface area contributed by atoms with E-state index in [1.54, 1.807) is 12.1 Å². The van der Waals surface area contributed by atoms with Crippen molar-refractivity contribution in [3.8, 4) is 11.3 Å². The minimum Gasteiger partial charge on any atom is -0.356 e. The van der Waals surface area contributed by atoms with E-state index in [9.17, 15) is 18.0 Å². The minimum atomic E-state index is -0.638. The highest BCUT2D eigenvalue weighted by molar-refractivity contribution is 5.92. The number of nitrogens with zero attached hydrogens (tertiary/aromatic N) is 1. The number of fused-ring (bicyclic) bond motifs is 1. The summed E-state index contributed by atoms with van der Waals surface area (Å²) in [5.41, 5.74) is 2.57. The third kappa shape index (κ3) is 4.64. The van der Waals surface area contributed by atoms with Crippen LogP contribution >= 0.6 is 0 Å². The van der Waals surface area contributed by atoms with Crippen molar-refractivity contribution in [3.05, 3.63) is 59.4 Å². The molecule has 0 unspecified atom stereocenters. The summed E-state index contributed by atoms with van der Waals surface area (Å²) in [6.07, 6.45) is 4.60. The Morgan fingerprint density at radius 3 is 2.48 bits per heavy atom. The number of carbonyl (C=O) groups is 1. The van der Waals surface area contributed by atoms with Crippen LogP contribution in [0.3, 0.4) is 0 Å². The summed E-state index contributed by atoms with van der Waals surface area (Å²) in [6.45, 7) is 3.60. The number of amides is 1. The summed E-state index contributed by atoms with van der Waals surface area (Å²) in [5, 5.41) is 3.58. The lowest BCUT2D eigenvalue weighted by Crippen LogP contribution is -2.36. The Morgan fingerprint density at radius 2 is 1.76 bits per heavy atom. The largest absolute Gasteiger partial charge is 0.356 e. The van der Waals surface area contributed by atoms with Gasteiger partial charge in [-0.05, 0) is 92.1 Å². The first-order chi connectivity index (χ1) is 16.0. The molecule has 33 heavy (non-hydrogen) atoms. The zero-order chi connectivity index (χ0) is 22.9. The lowest BCUT2D eigenvalue weighted by molar-refractivity contribution is -0.121. The van der Waals surface area contributed by atoms with Gasteiger partial charge in [-0.3, -0.25) is 4.79 Å². The lowest BCUT2D eigenvalue weighted by Gasteiger charge is -2.36. The summed E-state index contributed by atoms with van der Waals surface area (Å²) < 4.78 is 42.0. The molecule has 2 heterocycles. The number of carbonyl (C=O) groups excluding carboxylic acids is 1. The zero-order valence-corrected chi connectivity index (χ0v) is 18.5. The summed E-state index contributed by atoms with van der Waals surface area (Å²) in [4.78, 5) is 17.7. The molecule has 1 amide bonds. The molecule has 2 aliphatic rings. The zero-order valence-electron chi connectivity index (χ0n) is 18.5. The molecule has 2 fully saturated rings. The monoisotopic (exact) mass is 455 g/mol. The maximum Gasteiger partial charge on any atom is 0.221 e. The quantitative estimate of drug-likeness (QED) is 0.505. The van der Waals surface area contributed by atoms with Gasteiger partial charge in [0.05, 0.1) is 11.2 Å². The van der Waals surface area contributed by atoms with Crippen molar-refractivity contribution in [2.45, 2.75) is 38.0 Å². The van der Waals surface area contributed by atoms with Crippen LogP contribution in [0.4, 0.5) is 13.2 Å². The molecule has 1 saturated heterocycles. The molecule has 174 valence electrons. The van der Waals surface area contributed by atoms with E-state index in [1.165, 1.54) is 31.0 Å². The number of halogens is 3. The Kier molecular flexibility index (Phi) is 6.15. The Morgan fingerprint density at radius 1 is 1.03 bits per heavy atom. The fourth-order valence-corrected chi connectivity index (χ4v) is 5.26. The van der Waals surface area contributed by atoms with Crippen LogP contribution in [0.15, 0.2) is 36.4 Å². The number of H-pyrrole nitrogens is 1. The van der Waals surface area contributed by atoms with Gasteiger partial charge in [-0.2, -0.15) is 0 Å². The van der Waals surface area contributed by atoms with Gasteiger partial charge in [0.15, 0.2) is 0 Å². The fourth-order valence-electron chi connectivity index (χ4n) is 5.26. The second kappa shape index (κ2) is 9.21. The summed E-state index contributed by atoms with van der Waals surface area (Å²) in [5.74, 6) is -1.08. The van der Waals surface area contributed by atoms with Crippen LogP contribution in [0.1, 0.15) is 43.6 Å². The van der Waals surface area contributed by atoms with E-state index in [4.69, 9.17) is 0 Å². The number of hydrogen-bond acceptors (Lipinski definition) is 2. The fraction of sp³-hybridized carbons (Fsp3) is 0.423. The van der Waals surface area contributed by atoms with Gasteiger partial charge in [-0.1, -0.05) is 0 Å². The molecular weight excluding hydrogens is 427 g/mol. The molecule has 0 bridgehead atoms. The number of nitrogens with one attached hydrogen (secondary N) is 2. The van der Waals surface area contributed by atoms with Crippen LogP contribution in [0.25, 0.3) is 22.2 Å². The molecular formula is C26H28F3N3O. The molecule has 7 heteroatoms. The van der Waals surface area contributed by atoms with E-state index in [1.807, 2.05) is 0 Å². The van der Waals surface area contributed by atoms with Gasteiger partial charge >= 0.3 is 0 Å². The second-order valence-corrected chi connectivity index (χ2v) is 9.37. The molecule has 0 atom stereocenters. The Labute approximate surface area is 191 Å². The third-order valence-corrected chi connectivity index (χ3v) is 7.08. The van der Waals surface area contributed by atoms with Gasteiger partial charge in [0.1, 0.15) is 17.5 Å². The molecule has 4 nitrogen and oxygen atoms in total. The van der Waals surface area contributed by atoms with Crippen molar-refractivity contribution in [3.63, 3.8) is 0 Å². The first-order valence-electron chi connectivity index (χ1n) is 11.7. The molecule has 0 spiro atoms. The average molecular weight is 456 g/mol. The van der Waals surface area contributed by atoms with Gasteiger partial charge in [0.2, 0.25) is 5.91 Å². The van der Waals surface area contributed by atoms with Crippen molar-refractivity contribution in [1.29, 1.82) is 0 Å². The average Bonchev–Trinajstić information content (AvgIpc) is 3.40. The maximum atomic E-state index is 14.5. The molecule has 3 aromatic rings. The lowest BCUT2D eigenvalue weighted by atomic mass is 9.70. The molecule has 1 aromatic heterocycles. The van der Waals surface area contributed by atoms with Gasteiger partial charge in [0.25, 0.3) is 0 Å². The topological polar surface area (TPSA) is 48.1 Å². The Bertz CT molecular complexity index is 1150. The summed E-state index contributed by atoms with van der Waals surface area (Å²) in [7, 11) is 0. The predicted octanol–water partition coefficient (Wildman–Crippen LogP) is 5.35. The molecule has 1 saturated carbocycles. The van der Waals surface area contributed by atoms with Crippen molar-refractivity contribution < 1.29 is 18.0 Å². The van der Waals surface area contributed by atoms with Crippen LogP contribution in [0.2, 0.25) is 0 Å². The number of aromatic nitrogens is 1. The van der Waals surface area contributed by atoms with Crippen LogP contribution < -0.4 is 5.32 Å². The smallest absolute Gasteiger partial charge is 0.221 e. The summed E-state index contributed by atoms with van der Waals surface area (Å²) >= 11 is 0. The van der Waals surface area contributed by atoms with Crippen LogP contribution in [0, 0.1) is 23.4 Å². The van der Waals surface area contributed by atoms with Crippen LogP contribution in [-0.2, 0) is 4.79 Å². The minimum absolute atomic E-state index is 0.0774. The molecule has 1 aliphatic heterocycles. The molecule has 1 aliphatic carbocycles. The van der Waals surface area contributed by atoms with Crippen molar-refractivity contribution in [2.24, 2.45) is 5.92 Å². The molecule has 5 rings (SSSR count). The van der Waals surface area contributed by atoms with E-state index < -0.39 is 11.6 Å². The standard InChI is InChI=1S/C26H28F3N3O/c27-19-5-3-17(4-6-19)25-24(21-13-20(28)14-22(29)26(21)31-25)18-11-16(12-18)15-30-23(33)7-10-32-8-1-2-9-32/h3-6,13-14,16,18,31H,1-2,7-12,15H2,(H,30,33). The van der Waals surface area contributed by atoms with E-state index in [2.05, 4.69) is 15.2 Å². The van der Waals surface area contributed by atoms with E-state index >= 15 is 0 Å². The van der Waals surface area contributed by atoms with Crippen molar-refractivity contribution >= 4 is 16.8 Å². The number of aromatic amines is 1. The van der Waals surface area contributed by atoms with E-state index in [0.717, 1.165) is 49.7 Å². The van der Waals surface area contributed by atoms with Crippen LogP contribution in [-0.4, -0.2) is 42.0 Å². The molecule has 2 N–H and O–H groups in total. The highest BCUT2D eigenvalue weighted by atomic mass is 19.1. The van der Waals surface area contributed by atoms with Crippen molar-refractivity contribution in [2.75, 3.05) is 26.2 Å². The number of hydrogen-bond donors (Lipinski definition) is 2. The first-order valence-corrected chi connectivity index (χ1v) is 11.7. The highest BCUT2D eigenvalue weighted by Crippen LogP contribution is 2.48. The maximum absolute atomic E-state index is 14.5. The number of rotatable bonds is 7. The normalized spacial score (nSPS) is 20.8. The highest BCUT2D eigenvalue weighted by Gasteiger charge is 2.34. The van der Waals surface area contributed by atoms with E-state index in [0.29, 0.717) is 30.0 Å². The first kappa shape index (κ1) is 22.0. The molecule has 0 radical (unpaired) electrons. The van der Waals surface area contributed by atoms with Gasteiger partial charge in [0, 0.05) is 31.0 Å². The number of benzene rings is 2. The Balaban J connectivity index is 1.28. The van der Waals surface area contributed by atoms with Gasteiger partial charge < -0.3 is 15.2 Å². The van der Waals surface area contributed by atoms with Crippen LogP contribution in [0.5, 0.6) is 0 Å². The second-order valence-electron chi connectivity index (χ2n) is 9.37. The van der Waals surface area contributed by atoms with Crippen molar-refractivity contribution in [1.82, 2.24) is 15.2 Å². The van der Waals surface area contributed by atoms with E-state index in [-0.39, 0.29) is 23.2 Å². The predicted molar refractivity (Wildman–Crippen MR) is 122 cm³/mol. The number of likely N-dealkylation sites (tertiary alicyclic amines) is 1.